The monoisotopic (exact) mass is 243 g/mol. The van der Waals surface area contributed by atoms with Gasteiger partial charge in [0.1, 0.15) is 0 Å². The second-order valence-corrected chi connectivity index (χ2v) is 4.09. The van der Waals surface area contributed by atoms with E-state index in [0.29, 0.717) is 0 Å². The molecule has 1 rings (SSSR count). The maximum absolute atomic E-state index is 9.19. The lowest BCUT2D eigenvalue weighted by atomic mass is 9.89. The van der Waals surface area contributed by atoms with E-state index in [9.17, 15) is 5.11 Å². The van der Waals surface area contributed by atoms with Gasteiger partial charge in [0.05, 0.1) is 12.1 Å². The fourth-order valence-electron chi connectivity index (χ4n) is 1.21. The van der Waals surface area contributed by atoms with Crippen molar-refractivity contribution in [2.24, 2.45) is 5.73 Å². The van der Waals surface area contributed by atoms with Crippen molar-refractivity contribution in [2.75, 3.05) is 6.61 Å². The van der Waals surface area contributed by atoms with E-state index in [4.69, 9.17) is 5.73 Å². The van der Waals surface area contributed by atoms with Crippen LogP contribution >= 0.6 is 15.9 Å². The van der Waals surface area contributed by atoms with Crippen molar-refractivity contribution in [3.63, 3.8) is 0 Å². The summed E-state index contributed by atoms with van der Waals surface area (Å²) in [6.45, 7) is 1.94. The molecule has 0 aromatic heterocycles. The van der Waals surface area contributed by atoms with Crippen molar-refractivity contribution in [3.8, 4) is 0 Å². The van der Waals surface area contributed by atoms with Crippen LogP contribution in [0.25, 0.3) is 0 Å². The second kappa shape index (κ2) is 4.22. The zero-order chi connectivity index (χ0) is 9.90. The molecule has 0 radical (unpaired) electrons. The number of rotatable bonds is 3. The summed E-state index contributed by atoms with van der Waals surface area (Å²) in [5.74, 6) is 0. The third-order valence-electron chi connectivity index (χ3n) is 2.31. The fourth-order valence-corrected chi connectivity index (χ4v) is 1.60. The van der Waals surface area contributed by atoms with Crippen LogP contribution in [-0.4, -0.2) is 11.7 Å². The Morgan fingerprint density at radius 2 is 2.23 bits per heavy atom. The minimum absolute atomic E-state index is 0.0278. The van der Waals surface area contributed by atoms with E-state index in [-0.39, 0.29) is 6.61 Å². The van der Waals surface area contributed by atoms with E-state index >= 15 is 0 Å². The summed E-state index contributed by atoms with van der Waals surface area (Å²) in [6.07, 6.45) is 0.722. The number of halogens is 1. The molecule has 0 bridgehead atoms. The van der Waals surface area contributed by atoms with Gasteiger partial charge in [-0.2, -0.15) is 0 Å². The van der Waals surface area contributed by atoms with Crippen LogP contribution in [0.4, 0.5) is 0 Å². The SMILES string of the molecule is CCC(N)(CO)c1cccc(Br)c1. The van der Waals surface area contributed by atoms with Crippen molar-refractivity contribution in [3.05, 3.63) is 34.3 Å². The first-order valence-corrected chi connectivity index (χ1v) is 5.07. The summed E-state index contributed by atoms with van der Waals surface area (Å²) in [5.41, 5.74) is 6.37. The molecule has 0 spiro atoms. The van der Waals surface area contributed by atoms with Crippen LogP contribution in [0.2, 0.25) is 0 Å². The van der Waals surface area contributed by atoms with Gasteiger partial charge in [-0.05, 0) is 24.1 Å². The van der Waals surface area contributed by atoms with Gasteiger partial charge in [-0.1, -0.05) is 35.0 Å². The maximum atomic E-state index is 9.19. The predicted octanol–water partition coefficient (Wildman–Crippen LogP) is 2.01. The van der Waals surface area contributed by atoms with Gasteiger partial charge in [-0.15, -0.1) is 0 Å². The fraction of sp³-hybridized carbons (Fsp3) is 0.400. The lowest BCUT2D eigenvalue weighted by molar-refractivity contribution is 0.192. The quantitative estimate of drug-likeness (QED) is 0.854. The van der Waals surface area contributed by atoms with Crippen molar-refractivity contribution in [1.29, 1.82) is 0 Å². The van der Waals surface area contributed by atoms with Crippen molar-refractivity contribution in [2.45, 2.75) is 18.9 Å². The van der Waals surface area contributed by atoms with Crippen LogP contribution in [-0.2, 0) is 5.54 Å². The summed E-state index contributed by atoms with van der Waals surface area (Å²) in [4.78, 5) is 0. The number of aliphatic hydroxyl groups excluding tert-OH is 1. The Labute approximate surface area is 86.9 Å². The minimum atomic E-state index is -0.607. The summed E-state index contributed by atoms with van der Waals surface area (Å²) >= 11 is 3.38. The number of hydrogen-bond donors (Lipinski definition) is 2. The smallest absolute Gasteiger partial charge is 0.0653 e. The third-order valence-corrected chi connectivity index (χ3v) is 2.81. The molecule has 72 valence electrons. The zero-order valence-electron chi connectivity index (χ0n) is 7.63. The molecule has 3 N–H and O–H groups in total. The summed E-state index contributed by atoms with van der Waals surface area (Å²) < 4.78 is 0.988. The molecule has 3 heteroatoms. The molecular weight excluding hydrogens is 230 g/mol. The molecule has 0 saturated carbocycles. The first-order valence-electron chi connectivity index (χ1n) is 4.28. The van der Waals surface area contributed by atoms with Crippen LogP contribution in [0.15, 0.2) is 28.7 Å². The summed E-state index contributed by atoms with van der Waals surface area (Å²) in [6, 6.07) is 7.74. The number of nitrogens with two attached hydrogens (primary N) is 1. The average Bonchev–Trinajstić information content (AvgIpc) is 2.17. The highest BCUT2D eigenvalue weighted by molar-refractivity contribution is 9.10. The van der Waals surface area contributed by atoms with Crippen molar-refractivity contribution < 1.29 is 5.11 Å². The molecule has 1 aromatic carbocycles. The standard InChI is InChI=1S/C10H14BrNO/c1-2-10(12,7-13)8-4-3-5-9(11)6-8/h3-6,13H,2,7,12H2,1H3. The molecule has 1 aromatic rings. The molecule has 13 heavy (non-hydrogen) atoms. The van der Waals surface area contributed by atoms with Gasteiger partial charge in [0, 0.05) is 4.47 Å². The van der Waals surface area contributed by atoms with Gasteiger partial charge in [-0.25, -0.2) is 0 Å². The van der Waals surface area contributed by atoms with Gasteiger partial charge in [0.15, 0.2) is 0 Å². The molecule has 0 heterocycles. The Balaban J connectivity index is 3.05. The molecule has 0 aliphatic heterocycles. The Morgan fingerprint density at radius 3 is 2.69 bits per heavy atom. The largest absolute Gasteiger partial charge is 0.394 e. The lowest BCUT2D eigenvalue weighted by Gasteiger charge is -2.26. The molecular formula is C10H14BrNO. The number of hydrogen-bond acceptors (Lipinski definition) is 2. The first kappa shape index (κ1) is 10.7. The Kier molecular flexibility index (Phi) is 3.47. The normalized spacial score (nSPS) is 15.4. The van der Waals surface area contributed by atoms with Crippen molar-refractivity contribution >= 4 is 15.9 Å². The van der Waals surface area contributed by atoms with E-state index < -0.39 is 5.54 Å². The van der Waals surface area contributed by atoms with Gasteiger partial charge in [0.2, 0.25) is 0 Å². The van der Waals surface area contributed by atoms with Crippen LogP contribution in [0.5, 0.6) is 0 Å². The van der Waals surface area contributed by atoms with Gasteiger partial charge in [0.25, 0.3) is 0 Å². The second-order valence-electron chi connectivity index (χ2n) is 3.18. The average molecular weight is 244 g/mol. The van der Waals surface area contributed by atoms with Crippen LogP contribution in [0.3, 0.4) is 0 Å². The van der Waals surface area contributed by atoms with E-state index in [1.54, 1.807) is 0 Å². The Morgan fingerprint density at radius 1 is 1.54 bits per heavy atom. The Hall–Kier alpha value is -0.380. The number of benzene rings is 1. The molecule has 0 aliphatic carbocycles. The maximum Gasteiger partial charge on any atom is 0.0653 e. The molecule has 1 atom stereocenters. The van der Waals surface area contributed by atoms with Gasteiger partial charge in [-0.3, -0.25) is 0 Å². The highest BCUT2D eigenvalue weighted by Gasteiger charge is 2.23. The van der Waals surface area contributed by atoms with Gasteiger partial charge < -0.3 is 10.8 Å². The summed E-state index contributed by atoms with van der Waals surface area (Å²) in [7, 11) is 0. The molecule has 0 amide bonds. The lowest BCUT2D eigenvalue weighted by Crippen LogP contribution is -2.39. The highest BCUT2D eigenvalue weighted by atomic mass is 79.9. The van der Waals surface area contributed by atoms with Gasteiger partial charge >= 0.3 is 0 Å². The van der Waals surface area contributed by atoms with Crippen LogP contribution in [0.1, 0.15) is 18.9 Å². The third kappa shape index (κ3) is 2.30. The highest BCUT2D eigenvalue weighted by Crippen LogP contribution is 2.24. The molecule has 0 fully saturated rings. The number of aliphatic hydroxyl groups is 1. The van der Waals surface area contributed by atoms with E-state index in [1.807, 2.05) is 31.2 Å². The topological polar surface area (TPSA) is 46.2 Å². The van der Waals surface area contributed by atoms with E-state index in [1.165, 1.54) is 0 Å². The van der Waals surface area contributed by atoms with Crippen LogP contribution in [0, 0.1) is 0 Å². The Bertz CT molecular complexity index is 284. The minimum Gasteiger partial charge on any atom is -0.394 e. The van der Waals surface area contributed by atoms with E-state index in [0.717, 1.165) is 16.5 Å². The van der Waals surface area contributed by atoms with Crippen LogP contribution < -0.4 is 5.73 Å². The first-order chi connectivity index (χ1) is 6.12. The predicted molar refractivity (Wildman–Crippen MR) is 57.4 cm³/mol. The zero-order valence-corrected chi connectivity index (χ0v) is 9.21. The summed E-state index contributed by atoms with van der Waals surface area (Å²) in [5, 5.41) is 9.19. The molecule has 2 nitrogen and oxygen atoms in total. The molecule has 0 saturated heterocycles. The van der Waals surface area contributed by atoms with Crippen molar-refractivity contribution in [1.82, 2.24) is 0 Å². The molecule has 1 unspecified atom stereocenters. The van der Waals surface area contributed by atoms with E-state index in [2.05, 4.69) is 15.9 Å². The molecule has 0 aliphatic rings.